The van der Waals surface area contributed by atoms with E-state index < -0.39 is 12.1 Å². The fourth-order valence-electron chi connectivity index (χ4n) is 3.02. The molecule has 0 saturated carbocycles. The van der Waals surface area contributed by atoms with Gasteiger partial charge in [-0.2, -0.15) is 0 Å². The highest BCUT2D eigenvalue weighted by Gasteiger charge is 2.36. The van der Waals surface area contributed by atoms with Crippen LogP contribution in [0.5, 0.6) is 0 Å². The average molecular weight is 539 g/mol. The Morgan fingerprint density at radius 2 is 1.90 bits per heavy atom. The van der Waals surface area contributed by atoms with Crippen LogP contribution >= 0.6 is 45.8 Å². The highest BCUT2D eigenvalue weighted by molar-refractivity contribution is 14.1. The molecule has 0 saturated heterocycles. The first-order valence-electron chi connectivity index (χ1n) is 8.50. The summed E-state index contributed by atoms with van der Waals surface area (Å²) in [6.07, 6.45) is 2.27. The second-order valence-corrected chi connectivity index (χ2v) is 8.26. The Balaban J connectivity index is 1.78. The summed E-state index contributed by atoms with van der Waals surface area (Å²) in [6.45, 7) is 0. The van der Waals surface area contributed by atoms with E-state index in [0.717, 1.165) is 3.57 Å². The van der Waals surface area contributed by atoms with Gasteiger partial charge in [-0.3, -0.25) is 20.0 Å². The van der Waals surface area contributed by atoms with Gasteiger partial charge in [0.1, 0.15) is 6.17 Å². The third-order valence-electron chi connectivity index (χ3n) is 4.42. The van der Waals surface area contributed by atoms with E-state index in [1.807, 2.05) is 12.1 Å². The number of anilines is 1. The predicted molar refractivity (Wildman–Crippen MR) is 120 cm³/mol. The molecule has 2 aromatic carbocycles. The molecule has 3 aromatic rings. The van der Waals surface area contributed by atoms with E-state index in [1.165, 1.54) is 17.4 Å². The lowest BCUT2D eigenvalue weighted by atomic mass is 10.0. The lowest BCUT2D eigenvalue weighted by Crippen LogP contribution is -2.53. The molecule has 0 spiro atoms. The number of nitrogens with zero attached hydrogens (tertiary/aromatic N) is 2. The summed E-state index contributed by atoms with van der Waals surface area (Å²) < 4.78 is 0.899. The van der Waals surface area contributed by atoms with E-state index in [1.54, 1.807) is 36.4 Å². The van der Waals surface area contributed by atoms with Gasteiger partial charge < -0.3 is 5.32 Å². The molecule has 1 aliphatic heterocycles. The van der Waals surface area contributed by atoms with Crippen LogP contribution in [0, 0.1) is 3.57 Å². The van der Waals surface area contributed by atoms with Crippen molar-refractivity contribution in [3.8, 4) is 0 Å². The van der Waals surface area contributed by atoms with Crippen molar-refractivity contribution in [1.29, 1.82) is 0 Å². The van der Waals surface area contributed by atoms with Gasteiger partial charge >= 0.3 is 0 Å². The van der Waals surface area contributed by atoms with Crippen LogP contribution in [0.2, 0.25) is 10.0 Å². The second-order valence-electron chi connectivity index (χ2n) is 6.23. The van der Waals surface area contributed by atoms with Crippen LogP contribution in [0.25, 0.3) is 0 Å². The molecule has 0 aliphatic carbocycles. The molecule has 2 heterocycles. The summed E-state index contributed by atoms with van der Waals surface area (Å²) in [4.78, 5) is 29.9. The summed E-state index contributed by atoms with van der Waals surface area (Å²) in [5, 5.41) is 5.17. The number of aromatic nitrogens is 1. The average Bonchev–Trinajstić information content (AvgIpc) is 2.73. The number of nitrogens with one attached hydrogen (secondary N) is 2. The van der Waals surface area contributed by atoms with Crippen LogP contribution < -0.4 is 10.7 Å². The van der Waals surface area contributed by atoms with Crippen LogP contribution in [0.3, 0.4) is 0 Å². The first-order chi connectivity index (χ1) is 14.0. The largest absolute Gasteiger partial charge is 0.359 e. The fraction of sp³-hybridized carbons (Fsp3) is 0.0500. The van der Waals surface area contributed by atoms with Gasteiger partial charge in [0.25, 0.3) is 11.8 Å². The Morgan fingerprint density at radius 3 is 2.66 bits per heavy atom. The van der Waals surface area contributed by atoms with Crippen LogP contribution in [0.4, 0.5) is 5.69 Å². The maximum atomic E-state index is 13.3. The summed E-state index contributed by atoms with van der Waals surface area (Å²) in [5.41, 5.74) is 4.72. The zero-order chi connectivity index (χ0) is 20.5. The van der Waals surface area contributed by atoms with E-state index in [0.29, 0.717) is 32.4 Å². The SMILES string of the molecule is O=C(NN1C(=O)c2cc(I)ccc2N[C@@H]1c1cccc(Cl)c1Cl)c1ccncc1. The fourth-order valence-corrected chi connectivity index (χ4v) is 3.92. The Bertz CT molecular complexity index is 1110. The van der Waals surface area contributed by atoms with Gasteiger partial charge in [-0.15, -0.1) is 0 Å². The van der Waals surface area contributed by atoms with Crippen molar-refractivity contribution < 1.29 is 9.59 Å². The minimum Gasteiger partial charge on any atom is -0.359 e. The molecule has 0 bridgehead atoms. The highest BCUT2D eigenvalue weighted by Crippen LogP contribution is 2.37. The predicted octanol–water partition coefficient (Wildman–Crippen LogP) is 4.90. The molecule has 6 nitrogen and oxygen atoms in total. The number of pyridine rings is 1. The molecule has 1 aromatic heterocycles. The number of carbonyl (C=O) groups excluding carboxylic acids is 2. The smallest absolute Gasteiger partial charge is 0.276 e. The number of hydrogen-bond acceptors (Lipinski definition) is 4. The number of fused-ring (bicyclic) bond motifs is 1. The number of amides is 2. The lowest BCUT2D eigenvalue weighted by Gasteiger charge is -2.38. The molecule has 2 N–H and O–H groups in total. The summed E-state index contributed by atoms with van der Waals surface area (Å²) in [6, 6.07) is 13.8. The number of benzene rings is 2. The van der Waals surface area contributed by atoms with Crippen molar-refractivity contribution in [2.75, 3.05) is 5.32 Å². The summed E-state index contributed by atoms with van der Waals surface area (Å²) in [7, 11) is 0. The van der Waals surface area contributed by atoms with Crippen LogP contribution in [0.1, 0.15) is 32.4 Å². The summed E-state index contributed by atoms with van der Waals surface area (Å²) in [5.74, 6) is -0.805. The molecule has 1 aliphatic rings. The third kappa shape index (κ3) is 3.90. The van der Waals surface area contributed by atoms with Crippen molar-refractivity contribution >= 4 is 63.3 Å². The molecule has 29 heavy (non-hydrogen) atoms. The number of carbonyl (C=O) groups is 2. The van der Waals surface area contributed by atoms with Crippen molar-refractivity contribution in [3.05, 3.63) is 91.2 Å². The minimum absolute atomic E-state index is 0.302. The number of rotatable bonds is 3. The van der Waals surface area contributed by atoms with E-state index in [-0.39, 0.29) is 5.91 Å². The van der Waals surface area contributed by atoms with Gasteiger partial charge in [-0.1, -0.05) is 35.3 Å². The second kappa shape index (κ2) is 8.17. The molecule has 1 atom stereocenters. The molecule has 146 valence electrons. The molecular weight excluding hydrogens is 526 g/mol. The Morgan fingerprint density at radius 1 is 1.14 bits per heavy atom. The van der Waals surface area contributed by atoms with Crippen molar-refractivity contribution in [2.24, 2.45) is 0 Å². The van der Waals surface area contributed by atoms with E-state index in [4.69, 9.17) is 23.2 Å². The number of halogens is 3. The standard InChI is InChI=1S/C20H13Cl2IN4O2/c21-15-3-1-2-13(17(15)22)18-25-16-5-4-12(23)10-14(16)20(29)27(18)26-19(28)11-6-8-24-9-7-11/h1-10,18,25H,(H,26,28)/t18-/m0/s1. The maximum absolute atomic E-state index is 13.3. The third-order valence-corrected chi connectivity index (χ3v) is 5.93. The van der Waals surface area contributed by atoms with Gasteiger partial charge in [0.05, 0.1) is 15.6 Å². The van der Waals surface area contributed by atoms with Gasteiger partial charge in [0, 0.05) is 32.8 Å². The first-order valence-corrected chi connectivity index (χ1v) is 10.3. The molecule has 9 heteroatoms. The van der Waals surface area contributed by atoms with Gasteiger partial charge in [-0.25, -0.2) is 5.01 Å². The Labute approximate surface area is 190 Å². The number of hydrogen-bond donors (Lipinski definition) is 2. The Kier molecular flexibility index (Phi) is 5.62. The normalized spacial score (nSPS) is 15.5. The van der Waals surface area contributed by atoms with Gasteiger partial charge in [-0.05, 0) is 59.0 Å². The molecule has 0 radical (unpaired) electrons. The zero-order valence-corrected chi connectivity index (χ0v) is 18.4. The van der Waals surface area contributed by atoms with E-state index in [9.17, 15) is 9.59 Å². The molecule has 0 fully saturated rings. The topological polar surface area (TPSA) is 74.3 Å². The van der Waals surface area contributed by atoms with Crippen molar-refractivity contribution in [2.45, 2.75) is 6.17 Å². The van der Waals surface area contributed by atoms with Crippen LogP contribution in [0.15, 0.2) is 60.9 Å². The monoisotopic (exact) mass is 538 g/mol. The molecular formula is C20H13Cl2IN4O2. The quantitative estimate of drug-likeness (QED) is 0.465. The maximum Gasteiger partial charge on any atom is 0.276 e. The summed E-state index contributed by atoms with van der Waals surface area (Å²) >= 11 is 14.7. The number of hydrazine groups is 1. The van der Waals surface area contributed by atoms with E-state index in [2.05, 4.69) is 38.3 Å². The molecule has 4 rings (SSSR count). The Hall–Kier alpha value is -2.36. The van der Waals surface area contributed by atoms with Gasteiger partial charge in [0.2, 0.25) is 0 Å². The molecule has 2 amide bonds. The zero-order valence-electron chi connectivity index (χ0n) is 14.7. The van der Waals surface area contributed by atoms with Gasteiger partial charge in [0.15, 0.2) is 0 Å². The lowest BCUT2D eigenvalue weighted by molar-refractivity contribution is 0.0491. The molecule has 0 unspecified atom stereocenters. The van der Waals surface area contributed by atoms with Crippen molar-refractivity contribution in [1.82, 2.24) is 15.4 Å². The highest BCUT2D eigenvalue weighted by atomic mass is 127. The first kappa shape index (κ1) is 19.9. The van der Waals surface area contributed by atoms with E-state index >= 15 is 0 Å². The van der Waals surface area contributed by atoms with Crippen LogP contribution in [-0.4, -0.2) is 21.8 Å². The minimum atomic E-state index is -0.743. The van der Waals surface area contributed by atoms with Crippen LogP contribution in [-0.2, 0) is 0 Å². The van der Waals surface area contributed by atoms with Crippen molar-refractivity contribution in [3.63, 3.8) is 0 Å².